The Bertz CT molecular complexity index is 834. The minimum atomic E-state index is -0.145. The van der Waals surface area contributed by atoms with E-state index in [1.54, 1.807) is 12.3 Å². The second-order valence-corrected chi connectivity index (χ2v) is 8.27. The fourth-order valence-electron chi connectivity index (χ4n) is 3.54. The zero-order chi connectivity index (χ0) is 20.1. The van der Waals surface area contributed by atoms with Crippen molar-refractivity contribution in [2.75, 3.05) is 30.3 Å². The van der Waals surface area contributed by atoms with Crippen molar-refractivity contribution in [3.8, 4) is 0 Å². The molecule has 2 aromatic rings. The number of nitrogens with one attached hydrogen (secondary N) is 2. The molecule has 2 N–H and O–H groups in total. The van der Waals surface area contributed by atoms with Gasteiger partial charge in [0.1, 0.15) is 5.82 Å². The third kappa shape index (κ3) is 5.87. The molecule has 1 aromatic carbocycles. The van der Waals surface area contributed by atoms with Gasteiger partial charge in [-0.05, 0) is 84.6 Å². The maximum atomic E-state index is 12.6. The number of aryl methyl sites for hydroxylation is 2. The van der Waals surface area contributed by atoms with Crippen molar-refractivity contribution in [1.82, 2.24) is 9.88 Å². The molecule has 148 valence electrons. The van der Waals surface area contributed by atoms with Crippen LogP contribution in [0.4, 0.5) is 11.5 Å². The van der Waals surface area contributed by atoms with Crippen LogP contribution < -0.4 is 10.6 Å². The number of halogens is 1. The lowest BCUT2D eigenvalue weighted by Crippen LogP contribution is -2.44. The lowest BCUT2D eigenvalue weighted by atomic mass is 9.97. The Balaban J connectivity index is 1.53. The summed E-state index contributed by atoms with van der Waals surface area (Å²) in [6, 6.07) is 9.60. The van der Waals surface area contributed by atoms with Crippen LogP contribution in [0.3, 0.4) is 0 Å². The van der Waals surface area contributed by atoms with Crippen LogP contribution in [-0.2, 0) is 9.59 Å². The molecule has 7 heteroatoms. The quantitative estimate of drug-likeness (QED) is 0.736. The van der Waals surface area contributed by atoms with E-state index in [0.717, 1.165) is 40.7 Å². The second kappa shape index (κ2) is 9.30. The molecular weight excluding hydrogens is 420 g/mol. The highest BCUT2D eigenvalue weighted by molar-refractivity contribution is 9.10. The summed E-state index contributed by atoms with van der Waals surface area (Å²) in [5.74, 6) is 0.293. The fraction of sp³-hybridized carbons (Fsp3) is 0.381. The van der Waals surface area contributed by atoms with Gasteiger partial charge in [-0.2, -0.15) is 0 Å². The molecule has 2 amide bonds. The van der Waals surface area contributed by atoms with Gasteiger partial charge in [-0.3, -0.25) is 14.5 Å². The number of carbonyl (C=O) groups is 2. The van der Waals surface area contributed by atoms with Crippen molar-refractivity contribution in [3.63, 3.8) is 0 Å². The van der Waals surface area contributed by atoms with Crippen LogP contribution >= 0.6 is 15.9 Å². The zero-order valence-electron chi connectivity index (χ0n) is 16.2. The highest BCUT2D eigenvalue weighted by atomic mass is 79.9. The number of rotatable bonds is 5. The third-order valence-electron chi connectivity index (χ3n) is 4.73. The van der Waals surface area contributed by atoms with Crippen LogP contribution in [0.2, 0.25) is 0 Å². The van der Waals surface area contributed by atoms with Gasteiger partial charge in [0.05, 0.1) is 12.5 Å². The summed E-state index contributed by atoms with van der Waals surface area (Å²) in [4.78, 5) is 31.2. The number of aromatic nitrogens is 1. The van der Waals surface area contributed by atoms with Crippen LogP contribution in [0.25, 0.3) is 0 Å². The summed E-state index contributed by atoms with van der Waals surface area (Å²) in [6.45, 7) is 5.70. The summed E-state index contributed by atoms with van der Waals surface area (Å²) >= 11 is 3.33. The van der Waals surface area contributed by atoms with Crippen molar-refractivity contribution < 1.29 is 9.59 Å². The van der Waals surface area contributed by atoms with Crippen molar-refractivity contribution in [2.45, 2.75) is 26.7 Å². The van der Waals surface area contributed by atoms with Gasteiger partial charge >= 0.3 is 0 Å². The minimum Gasteiger partial charge on any atom is -0.325 e. The smallest absolute Gasteiger partial charge is 0.238 e. The summed E-state index contributed by atoms with van der Waals surface area (Å²) in [5, 5.41) is 5.83. The van der Waals surface area contributed by atoms with Crippen molar-refractivity contribution >= 4 is 39.2 Å². The van der Waals surface area contributed by atoms with Crippen LogP contribution in [-0.4, -0.2) is 41.3 Å². The molecule has 1 fully saturated rings. The van der Waals surface area contributed by atoms with Gasteiger partial charge in [0.15, 0.2) is 0 Å². The first-order valence-corrected chi connectivity index (χ1v) is 10.2. The molecule has 1 aliphatic heterocycles. The lowest BCUT2D eigenvalue weighted by molar-refractivity contribution is -0.123. The van der Waals surface area contributed by atoms with E-state index in [1.165, 1.54) is 0 Å². The fourth-order valence-corrected chi connectivity index (χ4v) is 3.78. The summed E-state index contributed by atoms with van der Waals surface area (Å²) < 4.78 is 0.865. The molecular formula is C21H25BrN4O2. The van der Waals surface area contributed by atoms with E-state index in [4.69, 9.17) is 0 Å². The summed E-state index contributed by atoms with van der Waals surface area (Å²) in [7, 11) is 0. The molecule has 0 aliphatic carbocycles. The predicted molar refractivity (Wildman–Crippen MR) is 114 cm³/mol. The molecule has 1 saturated heterocycles. The molecule has 28 heavy (non-hydrogen) atoms. The Labute approximate surface area is 173 Å². The first-order valence-electron chi connectivity index (χ1n) is 9.42. The van der Waals surface area contributed by atoms with E-state index in [1.807, 2.05) is 36.9 Å². The van der Waals surface area contributed by atoms with Crippen LogP contribution in [0.15, 0.2) is 41.0 Å². The molecule has 2 heterocycles. The zero-order valence-corrected chi connectivity index (χ0v) is 17.8. The van der Waals surface area contributed by atoms with Crippen LogP contribution in [0, 0.1) is 19.8 Å². The average Bonchev–Trinajstić information content (AvgIpc) is 2.63. The molecule has 1 atom stereocenters. The first-order chi connectivity index (χ1) is 13.4. The van der Waals surface area contributed by atoms with E-state index in [0.29, 0.717) is 12.4 Å². The van der Waals surface area contributed by atoms with Gasteiger partial charge in [0, 0.05) is 22.9 Å². The molecule has 3 rings (SSSR count). The molecule has 1 unspecified atom stereocenters. The van der Waals surface area contributed by atoms with Gasteiger partial charge in [-0.25, -0.2) is 4.98 Å². The highest BCUT2D eigenvalue weighted by Crippen LogP contribution is 2.19. The first kappa shape index (κ1) is 20.5. The lowest BCUT2D eigenvalue weighted by Gasteiger charge is -2.31. The number of anilines is 2. The largest absolute Gasteiger partial charge is 0.325 e. The Hall–Kier alpha value is -2.25. The number of carbonyl (C=O) groups excluding carboxylic acids is 2. The van der Waals surface area contributed by atoms with Crippen LogP contribution in [0.1, 0.15) is 24.0 Å². The second-order valence-electron chi connectivity index (χ2n) is 7.35. The Morgan fingerprint density at radius 2 is 1.93 bits per heavy atom. The van der Waals surface area contributed by atoms with E-state index in [-0.39, 0.29) is 24.3 Å². The number of likely N-dealkylation sites (tertiary alicyclic amines) is 1. The van der Waals surface area contributed by atoms with Gasteiger partial charge < -0.3 is 10.6 Å². The molecule has 0 radical (unpaired) electrons. The Kier molecular flexibility index (Phi) is 6.80. The maximum absolute atomic E-state index is 12.6. The van der Waals surface area contributed by atoms with Gasteiger partial charge in [0.25, 0.3) is 0 Å². The molecule has 1 aromatic heterocycles. The van der Waals surface area contributed by atoms with Crippen molar-refractivity contribution in [2.24, 2.45) is 5.92 Å². The number of hydrogen-bond donors (Lipinski definition) is 2. The minimum absolute atomic E-state index is 0.0470. The highest BCUT2D eigenvalue weighted by Gasteiger charge is 2.27. The van der Waals surface area contributed by atoms with E-state index >= 15 is 0 Å². The van der Waals surface area contributed by atoms with Crippen molar-refractivity contribution in [3.05, 3.63) is 52.1 Å². The van der Waals surface area contributed by atoms with E-state index < -0.39 is 0 Å². The number of piperidine rings is 1. The average molecular weight is 445 g/mol. The number of nitrogens with zero attached hydrogens (tertiary/aromatic N) is 2. The molecule has 6 nitrogen and oxygen atoms in total. The van der Waals surface area contributed by atoms with Gasteiger partial charge in [0.2, 0.25) is 11.8 Å². The topological polar surface area (TPSA) is 74.3 Å². The molecule has 0 spiro atoms. The predicted octanol–water partition coefficient (Wildman–Crippen LogP) is 3.75. The Morgan fingerprint density at radius 1 is 1.18 bits per heavy atom. The summed E-state index contributed by atoms with van der Waals surface area (Å²) in [6.07, 6.45) is 3.36. The third-order valence-corrected chi connectivity index (χ3v) is 5.20. The SMILES string of the molecule is Cc1cc(C)cc(NC(=O)CN2CCCC(C(=O)Nc3ccc(Br)cn3)C2)c1. The normalized spacial score (nSPS) is 17.2. The van der Waals surface area contributed by atoms with Gasteiger partial charge in [-0.15, -0.1) is 0 Å². The van der Waals surface area contributed by atoms with Crippen molar-refractivity contribution in [1.29, 1.82) is 0 Å². The molecule has 0 saturated carbocycles. The standard InChI is InChI=1S/C21H25BrN4O2/c1-14-8-15(2)10-18(9-14)24-20(27)13-26-7-3-4-16(12-26)21(28)25-19-6-5-17(22)11-23-19/h5-6,8-11,16H,3-4,7,12-13H2,1-2H3,(H,24,27)(H,23,25,28). The summed E-state index contributed by atoms with van der Waals surface area (Å²) in [5.41, 5.74) is 3.05. The molecule has 1 aliphatic rings. The molecule has 0 bridgehead atoms. The number of hydrogen-bond acceptors (Lipinski definition) is 4. The monoisotopic (exact) mass is 444 g/mol. The maximum Gasteiger partial charge on any atom is 0.238 e. The van der Waals surface area contributed by atoms with E-state index in [2.05, 4.69) is 37.6 Å². The van der Waals surface area contributed by atoms with E-state index in [9.17, 15) is 9.59 Å². The van der Waals surface area contributed by atoms with Crippen LogP contribution in [0.5, 0.6) is 0 Å². The van der Waals surface area contributed by atoms with Gasteiger partial charge in [-0.1, -0.05) is 6.07 Å². The number of pyridine rings is 1. The number of benzene rings is 1. The Morgan fingerprint density at radius 3 is 2.61 bits per heavy atom. The number of amides is 2.